The molecule has 0 aliphatic carbocycles. The lowest BCUT2D eigenvalue weighted by Crippen LogP contribution is -2.34. The molecule has 4 aromatic rings. The fraction of sp³-hybridized carbons (Fsp3) is 0.510. The molecule has 4 aromatic carbocycles. The fourth-order valence-electron chi connectivity index (χ4n) is 7.81. The number of rotatable bonds is 22. The van der Waals surface area contributed by atoms with Gasteiger partial charge in [-0.05, 0) is 83.3 Å². The molecule has 2 saturated heterocycles. The quantitative estimate of drug-likeness (QED) is 0.0798. The van der Waals surface area contributed by atoms with E-state index in [0.29, 0.717) is 13.2 Å². The van der Waals surface area contributed by atoms with Crippen molar-refractivity contribution in [2.75, 3.05) is 39.6 Å². The maximum absolute atomic E-state index is 11.0. The van der Waals surface area contributed by atoms with Crippen LogP contribution in [0.3, 0.4) is 0 Å². The van der Waals surface area contributed by atoms with Gasteiger partial charge in [0.1, 0.15) is 43.0 Å². The van der Waals surface area contributed by atoms with Gasteiger partial charge < -0.3 is 33.5 Å². The first kappa shape index (κ1) is 41.9. The van der Waals surface area contributed by atoms with E-state index in [4.69, 9.17) is 28.4 Å². The maximum Gasteiger partial charge on any atom is 0.119 e. The largest absolute Gasteiger partial charge is 0.491 e. The molecule has 6 rings (SSSR count). The van der Waals surface area contributed by atoms with Gasteiger partial charge in [0.05, 0.1) is 37.6 Å². The first-order chi connectivity index (χ1) is 26.9. The zero-order valence-electron chi connectivity index (χ0n) is 34.9. The normalized spacial score (nSPS) is 17.7. The highest BCUT2D eigenvalue weighted by Crippen LogP contribution is 2.39. The first-order valence-electron chi connectivity index (χ1n) is 20.8. The molecule has 0 amide bonds. The lowest BCUT2D eigenvalue weighted by molar-refractivity contribution is -0.0961. The summed E-state index contributed by atoms with van der Waals surface area (Å²) in [6.45, 7) is 20.8. The van der Waals surface area contributed by atoms with Crippen LogP contribution in [-0.2, 0) is 41.0 Å². The zero-order valence-corrected chi connectivity index (χ0v) is 34.9. The fourth-order valence-corrected chi connectivity index (χ4v) is 7.81. The molecule has 56 heavy (non-hydrogen) atoms. The molecule has 302 valence electrons. The third-order valence-corrected chi connectivity index (χ3v) is 12.5. The maximum atomic E-state index is 11.0. The Balaban J connectivity index is 1.02. The van der Waals surface area contributed by atoms with Crippen molar-refractivity contribution < 1.29 is 33.5 Å². The van der Waals surface area contributed by atoms with E-state index in [-0.39, 0.29) is 41.9 Å². The number of hydrogen-bond acceptors (Lipinski definition) is 7. The minimum absolute atomic E-state index is 0.143. The molecule has 2 heterocycles. The number of epoxide rings is 2. The molecular weight excluding hydrogens is 701 g/mol. The summed E-state index contributed by atoms with van der Waals surface area (Å²) in [5, 5.41) is 11.0. The molecule has 0 spiro atoms. The van der Waals surface area contributed by atoms with Gasteiger partial charge in [-0.25, -0.2) is 0 Å². The average Bonchev–Trinajstić information content (AvgIpc) is 4.18. The molecule has 3 atom stereocenters. The Kier molecular flexibility index (Phi) is 13.3. The van der Waals surface area contributed by atoms with Gasteiger partial charge in [-0.2, -0.15) is 0 Å². The number of hydrogen-bond donors (Lipinski definition) is 1. The van der Waals surface area contributed by atoms with Crippen LogP contribution in [0.4, 0.5) is 0 Å². The van der Waals surface area contributed by atoms with Crippen LogP contribution in [0.2, 0.25) is 0 Å². The van der Waals surface area contributed by atoms with E-state index < -0.39 is 11.7 Å². The Hall–Kier alpha value is -3.72. The van der Waals surface area contributed by atoms with Gasteiger partial charge in [-0.1, -0.05) is 128 Å². The van der Waals surface area contributed by atoms with Crippen LogP contribution in [0.25, 0.3) is 0 Å². The lowest BCUT2D eigenvalue weighted by atomic mass is 9.77. The molecule has 0 radical (unpaired) electrons. The second-order valence-electron chi connectivity index (χ2n) is 16.7. The summed E-state index contributed by atoms with van der Waals surface area (Å²) in [5.41, 5.74) is 5.99. The Morgan fingerprint density at radius 2 is 0.839 bits per heavy atom. The molecular formula is C49H64O7. The Labute approximate surface area is 335 Å². The van der Waals surface area contributed by atoms with Crippen molar-refractivity contribution in [3.05, 3.63) is 130 Å². The van der Waals surface area contributed by atoms with Crippen molar-refractivity contribution in [1.29, 1.82) is 0 Å². The Morgan fingerprint density at radius 3 is 1.23 bits per heavy atom. The second-order valence-corrected chi connectivity index (χ2v) is 16.7. The third-order valence-electron chi connectivity index (χ3n) is 12.5. The monoisotopic (exact) mass is 764 g/mol. The van der Waals surface area contributed by atoms with Crippen molar-refractivity contribution in [2.45, 2.75) is 121 Å². The van der Waals surface area contributed by atoms with Crippen LogP contribution in [0.1, 0.15) is 114 Å². The molecule has 7 nitrogen and oxygen atoms in total. The minimum atomic E-state index is -0.775. The SMILES string of the molecule is CCC(CC)(OCC(O)COc1ccc(C(C)(C)c2ccc(C(CC)(CC)OCC3CO3)cc2)cc1)c1ccc(C(C)(C)c2ccc(OCC3CO3)cc2)cc1. The van der Waals surface area contributed by atoms with Gasteiger partial charge in [0.2, 0.25) is 0 Å². The van der Waals surface area contributed by atoms with E-state index in [9.17, 15) is 5.11 Å². The molecule has 3 unspecified atom stereocenters. The molecule has 2 fully saturated rings. The van der Waals surface area contributed by atoms with E-state index in [1.54, 1.807) is 0 Å². The summed E-state index contributed by atoms with van der Waals surface area (Å²) >= 11 is 0. The van der Waals surface area contributed by atoms with Crippen molar-refractivity contribution in [2.24, 2.45) is 0 Å². The predicted molar refractivity (Wildman–Crippen MR) is 223 cm³/mol. The van der Waals surface area contributed by atoms with E-state index in [2.05, 4.69) is 128 Å². The van der Waals surface area contributed by atoms with Gasteiger partial charge in [0.25, 0.3) is 0 Å². The third kappa shape index (κ3) is 9.69. The summed E-state index contributed by atoms with van der Waals surface area (Å²) in [4.78, 5) is 0. The van der Waals surface area contributed by atoms with Crippen LogP contribution in [0.5, 0.6) is 11.5 Å². The molecule has 2 aliphatic rings. The smallest absolute Gasteiger partial charge is 0.119 e. The van der Waals surface area contributed by atoms with Crippen molar-refractivity contribution >= 4 is 0 Å². The second kappa shape index (κ2) is 17.8. The zero-order chi connectivity index (χ0) is 40.0. The van der Waals surface area contributed by atoms with Crippen LogP contribution in [0.15, 0.2) is 97.1 Å². The number of ether oxygens (including phenoxy) is 6. The van der Waals surface area contributed by atoms with E-state index in [1.807, 2.05) is 24.3 Å². The first-order valence-corrected chi connectivity index (χ1v) is 20.8. The van der Waals surface area contributed by atoms with Gasteiger partial charge in [0.15, 0.2) is 0 Å². The topological polar surface area (TPSA) is 82.2 Å². The summed E-state index contributed by atoms with van der Waals surface area (Å²) in [6.07, 6.45) is 3.11. The number of aliphatic hydroxyl groups is 1. The van der Waals surface area contributed by atoms with E-state index in [0.717, 1.165) is 56.0 Å². The summed E-state index contributed by atoms with van der Waals surface area (Å²) < 4.78 is 35.5. The predicted octanol–water partition coefficient (Wildman–Crippen LogP) is 10.0. The average molecular weight is 765 g/mol. The number of aliphatic hydroxyl groups excluding tert-OH is 1. The van der Waals surface area contributed by atoms with E-state index >= 15 is 0 Å². The Morgan fingerprint density at radius 1 is 0.500 bits per heavy atom. The Bertz CT molecular complexity index is 1800. The van der Waals surface area contributed by atoms with Crippen LogP contribution in [0, 0.1) is 0 Å². The van der Waals surface area contributed by atoms with Gasteiger partial charge in [0, 0.05) is 10.8 Å². The molecule has 0 saturated carbocycles. The van der Waals surface area contributed by atoms with Crippen LogP contribution >= 0.6 is 0 Å². The van der Waals surface area contributed by atoms with Gasteiger partial charge in [-0.15, -0.1) is 0 Å². The highest BCUT2D eigenvalue weighted by molar-refractivity contribution is 5.43. The molecule has 0 aromatic heterocycles. The summed E-state index contributed by atoms with van der Waals surface area (Å²) in [5.74, 6) is 1.58. The summed E-state index contributed by atoms with van der Waals surface area (Å²) in [6, 6.07) is 34.3. The molecule has 0 bridgehead atoms. The summed E-state index contributed by atoms with van der Waals surface area (Å²) in [7, 11) is 0. The highest BCUT2D eigenvalue weighted by atomic mass is 16.6. The van der Waals surface area contributed by atoms with Crippen molar-refractivity contribution in [3.8, 4) is 11.5 Å². The lowest BCUT2D eigenvalue weighted by Gasteiger charge is -2.34. The van der Waals surface area contributed by atoms with Gasteiger partial charge in [-0.3, -0.25) is 0 Å². The van der Waals surface area contributed by atoms with E-state index in [1.165, 1.54) is 27.8 Å². The van der Waals surface area contributed by atoms with Gasteiger partial charge >= 0.3 is 0 Å². The number of benzene rings is 4. The molecule has 7 heteroatoms. The van der Waals surface area contributed by atoms with Crippen molar-refractivity contribution in [3.63, 3.8) is 0 Å². The highest BCUT2D eigenvalue weighted by Gasteiger charge is 2.35. The minimum Gasteiger partial charge on any atom is -0.491 e. The standard InChI is InChI=1S/C49H64O7/c1-9-48(10-2,39-17-13-35(14-18-39)47(7,8)38-23-27-43(28-24-38)52-31-44-32-53-44)55-30-41(50)29-51-42-25-21-37(22-26-42)46(5,6)36-15-19-40(20-16-36)49(11-3,12-4)56-34-45-33-54-45/h13-28,41,44-45,50H,9-12,29-34H2,1-8H3. The van der Waals surface area contributed by atoms with Crippen LogP contribution < -0.4 is 9.47 Å². The molecule has 1 N–H and O–H groups in total. The van der Waals surface area contributed by atoms with Crippen LogP contribution in [-0.4, -0.2) is 63.1 Å². The molecule has 2 aliphatic heterocycles. The van der Waals surface area contributed by atoms with Crippen molar-refractivity contribution in [1.82, 2.24) is 0 Å².